The molecule has 0 radical (unpaired) electrons. The van der Waals surface area contributed by atoms with Gasteiger partial charge in [0.15, 0.2) is 11.0 Å². The molecule has 0 atom stereocenters. The molecule has 1 amide bonds. The molecule has 32 heavy (non-hydrogen) atoms. The Morgan fingerprint density at radius 2 is 1.62 bits per heavy atom. The fourth-order valence-electron chi connectivity index (χ4n) is 3.17. The predicted molar refractivity (Wildman–Crippen MR) is 127 cm³/mol. The van der Waals surface area contributed by atoms with Crippen LogP contribution in [-0.4, -0.2) is 33.0 Å². The number of nitriles is 1. The van der Waals surface area contributed by atoms with Gasteiger partial charge in [0.1, 0.15) is 6.54 Å². The Bertz CT molecular complexity index is 1240. The molecule has 1 heterocycles. The molecular weight excluding hydrogens is 442 g/mol. The van der Waals surface area contributed by atoms with Gasteiger partial charge in [-0.1, -0.05) is 59.8 Å². The lowest BCUT2D eigenvalue weighted by atomic mass is 10.2. The molecule has 0 N–H and O–H groups in total. The molecular formula is C24H18ClN5OS. The normalized spacial score (nSPS) is 10.5. The highest BCUT2D eigenvalue weighted by molar-refractivity contribution is 7.99. The molecule has 0 aliphatic heterocycles. The second-order valence-corrected chi connectivity index (χ2v) is 8.13. The summed E-state index contributed by atoms with van der Waals surface area (Å²) < 4.78 is 1.92. The predicted octanol–water partition coefficient (Wildman–Crippen LogP) is 5.24. The second-order valence-electron chi connectivity index (χ2n) is 6.75. The molecule has 4 rings (SSSR count). The van der Waals surface area contributed by atoms with Crippen LogP contribution in [0.15, 0.2) is 90.1 Å². The monoisotopic (exact) mass is 459 g/mol. The number of thioether (sulfide) groups is 1. The number of rotatable bonds is 7. The summed E-state index contributed by atoms with van der Waals surface area (Å²) in [7, 11) is 0. The van der Waals surface area contributed by atoms with E-state index in [-0.39, 0.29) is 18.2 Å². The van der Waals surface area contributed by atoms with Crippen molar-refractivity contribution in [2.75, 3.05) is 17.2 Å². The van der Waals surface area contributed by atoms with Crippen LogP contribution in [0.1, 0.15) is 0 Å². The minimum absolute atomic E-state index is 0.0230. The van der Waals surface area contributed by atoms with E-state index >= 15 is 0 Å². The number of hydrogen-bond acceptors (Lipinski definition) is 5. The maximum atomic E-state index is 13.0. The number of benzene rings is 3. The van der Waals surface area contributed by atoms with Gasteiger partial charge in [-0.15, -0.1) is 10.2 Å². The van der Waals surface area contributed by atoms with Gasteiger partial charge in [0.05, 0.1) is 11.8 Å². The largest absolute Gasteiger partial charge is 0.298 e. The molecule has 4 aromatic rings. The number of amides is 1. The van der Waals surface area contributed by atoms with Crippen LogP contribution in [0, 0.1) is 11.3 Å². The number of anilines is 1. The summed E-state index contributed by atoms with van der Waals surface area (Å²) in [5, 5.41) is 19.1. The Balaban J connectivity index is 1.63. The Hall–Kier alpha value is -3.60. The van der Waals surface area contributed by atoms with E-state index in [0.29, 0.717) is 21.7 Å². The lowest BCUT2D eigenvalue weighted by molar-refractivity contribution is -0.116. The van der Waals surface area contributed by atoms with Gasteiger partial charge in [-0.05, 0) is 48.5 Å². The smallest absolute Gasteiger partial charge is 0.238 e. The maximum Gasteiger partial charge on any atom is 0.238 e. The Morgan fingerprint density at radius 1 is 0.969 bits per heavy atom. The first-order valence-electron chi connectivity index (χ1n) is 9.79. The van der Waals surface area contributed by atoms with Crippen LogP contribution in [0.25, 0.3) is 17.1 Å². The van der Waals surface area contributed by atoms with Crippen LogP contribution in [0.5, 0.6) is 0 Å². The van der Waals surface area contributed by atoms with E-state index in [0.717, 1.165) is 11.3 Å². The average molecular weight is 460 g/mol. The SMILES string of the molecule is N#CCN(C(=O)CSc1nnc(-c2ccc(Cl)cc2)n1-c1ccccc1)c1ccccc1. The lowest BCUT2D eigenvalue weighted by Gasteiger charge is -2.19. The highest BCUT2D eigenvalue weighted by atomic mass is 35.5. The van der Waals surface area contributed by atoms with Crippen molar-refractivity contribution in [3.05, 3.63) is 90.0 Å². The molecule has 158 valence electrons. The van der Waals surface area contributed by atoms with Crippen LogP contribution in [-0.2, 0) is 4.79 Å². The zero-order valence-electron chi connectivity index (χ0n) is 16.9. The average Bonchev–Trinajstić information content (AvgIpc) is 3.26. The molecule has 1 aromatic heterocycles. The van der Waals surface area contributed by atoms with Crippen molar-refractivity contribution in [3.63, 3.8) is 0 Å². The zero-order valence-corrected chi connectivity index (χ0v) is 18.5. The van der Waals surface area contributed by atoms with E-state index in [1.54, 1.807) is 12.1 Å². The molecule has 0 unspecified atom stereocenters. The van der Waals surface area contributed by atoms with E-state index in [1.807, 2.05) is 77.4 Å². The minimum Gasteiger partial charge on any atom is -0.298 e. The number of nitrogens with zero attached hydrogens (tertiary/aromatic N) is 5. The number of aromatic nitrogens is 3. The van der Waals surface area contributed by atoms with Crippen molar-refractivity contribution in [3.8, 4) is 23.1 Å². The first-order valence-corrected chi connectivity index (χ1v) is 11.2. The summed E-state index contributed by atoms with van der Waals surface area (Å²) in [6, 6.07) is 28.3. The van der Waals surface area contributed by atoms with Crippen molar-refractivity contribution in [1.29, 1.82) is 5.26 Å². The van der Waals surface area contributed by atoms with Gasteiger partial charge in [0.25, 0.3) is 0 Å². The highest BCUT2D eigenvalue weighted by Gasteiger charge is 2.20. The topological polar surface area (TPSA) is 74.8 Å². The number of halogens is 1. The molecule has 0 saturated carbocycles. The van der Waals surface area contributed by atoms with Crippen molar-refractivity contribution in [2.24, 2.45) is 0 Å². The molecule has 0 aliphatic carbocycles. The molecule has 8 heteroatoms. The summed E-state index contributed by atoms with van der Waals surface area (Å²) in [5.74, 6) is 0.584. The van der Waals surface area contributed by atoms with Gasteiger partial charge in [-0.3, -0.25) is 14.3 Å². The van der Waals surface area contributed by atoms with Crippen molar-refractivity contribution >= 4 is 35.0 Å². The molecule has 0 bridgehead atoms. The standard InChI is InChI=1S/C24H18ClN5OS/c25-19-13-11-18(12-14-19)23-27-28-24(30(23)21-9-5-2-6-10-21)32-17-22(31)29(16-15-26)20-7-3-1-4-8-20/h1-14H,16-17H2. The minimum atomic E-state index is -0.182. The van der Waals surface area contributed by atoms with Crippen LogP contribution in [0.2, 0.25) is 5.02 Å². The number of carbonyl (C=O) groups excluding carboxylic acids is 1. The van der Waals surface area contributed by atoms with E-state index in [2.05, 4.69) is 16.3 Å². The Morgan fingerprint density at radius 3 is 2.28 bits per heavy atom. The molecule has 0 aliphatic rings. The second kappa shape index (κ2) is 10.1. The number of carbonyl (C=O) groups is 1. The summed E-state index contributed by atoms with van der Waals surface area (Å²) in [5.41, 5.74) is 2.43. The first-order chi connectivity index (χ1) is 15.7. The van der Waals surface area contributed by atoms with Crippen molar-refractivity contribution in [2.45, 2.75) is 5.16 Å². The summed E-state index contributed by atoms with van der Waals surface area (Å²) in [4.78, 5) is 14.4. The van der Waals surface area contributed by atoms with Gasteiger partial charge in [-0.25, -0.2) is 0 Å². The maximum absolute atomic E-state index is 13.0. The first kappa shape index (κ1) is 21.6. The lowest BCUT2D eigenvalue weighted by Crippen LogP contribution is -2.32. The summed E-state index contributed by atoms with van der Waals surface area (Å²) in [6.45, 7) is -0.0230. The third-order valence-electron chi connectivity index (χ3n) is 4.67. The van der Waals surface area contributed by atoms with E-state index in [4.69, 9.17) is 11.6 Å². The quantitative estimate of drug-likeness (QED) is 0.279. The van der Waals surface area contributed by atoms with Crippen LogP contribution in [0.4, 0.5) is 5.69 Å². The summed E-state index contributed by atoms with van der Waals surface area (Å²) >= 11 is 7.32. The zero-order chi connectivity index (χ0) is 22.3. The van der Waals surface area contributed by atoms with Gasteiger partial charge in [0, 0.05) is 22.0 Å². The van der Waals surface area contributed by atoms with E-state index in [9.17, 15) is 10.1 Å². The molecule has 0 spiro atoms. The molecule has 0 saturated heterocycles. The fourth-order valence-corrected chi connectivity index (χ4v) is 4.12. The third-order valence-corrected chi connectivity index (χ3v) is 5.84. The molecule has 6 nitrogen and oxygen atoms in total. The van der Waals surface area contributed by atoms with Crippen LogP contribution >= 0.6 is 23.4 Å². The highest BCUT2D eigenvalue weighted by Crippen LogP contribution is 2.29. The molecule has 3 aromatic carbocycles. The molecule has 0 fully saturated rings. The number of hydrogen-bond donors (Lipinski definition) is 0. The van der Waals surface area contributed by atoms with Crippen molar-refractivity contribution in [1.82, 2.24) is 14.8 Å². The van der Waals surface area contributed by atoms with Gasteiger partial charge >= 0.3 is 0 Å². The van der Waals surface area contributed by atoms with Gasteiger partial charge in [0.2, 0.25) is 5.91 Å². The van der Waals surface area contributed by atoms with E-state index < -0.39 is 0 Å². The van der Waals surface area contributed by atoms with Gasteiger partial charge in [-0.2, -0.15) is 5.26 Å². The Kier molecular flexibility index (Phi) is 6.85. The third kappa shape index (κ3) is 4.83. The fraction of sp³-hybridized carbons (Fsp3) is 0.0833. The van der Waals surface area contributed by atoms with Gasteiger partial charge < -0.3 is 0 Å². The van der Waals surface area contributed by atoms with Crippen LogP contribution in [0.3, 0.4) is 0 Å². The van der Waals surface area contributed by atoms with Crippen molar-refractivity contribution < 1.29 is 4.79 Å². The number of para-hydroxylation sites is 2. The van der Waals surface area contributed by atoms with Crippen LogP contribution < -0.4 is 4.90 Å². The Labute approximate surface area is 195 Å². The van der Waals surface area contributed by atoms with E-state index in [1.165, 1.54) is 16.7 Å². The summed E-state index contributed by atoms with van der Waals surface area (Å²) in [6.07, 6.45) is 0.